The Balaban J connectivity index is 1.58. The Morgan fingerprint density at radius 3 is 1.61 bits per heavy atom. The van der Waals surface area contributed by atoms with Crippen LogP contribution in [-0.2, 0) is 9.47 Å². The van der Waals surface area contributed by atoms with E-state index in [0.29, 0.717) is 23.1 Å². The Morgan fingerprint density at radius 2 is 1.10 bits per heavy atom. The minimum Gasteiger partial charge on any atom is -0.462 e. The average Bonchev–Trinajstić information content (AvgIpc) is 2.83. The monoisotopic (exact) mass is 417 g/mol. The lowest BCUT2D eigenvalue weighted by Crippen LogP contribution is -2.39. The molecule has 1 atom stereocenters. The molecule has 0 saturated carbocycles. The molecule has 0 aromatic heterocycles. The molecule has 3 aromatic carbocycles. The molecule has 0 saturated heterocycles. The van der Waals surface area contributed by atoms with Crippen molar-refractivity contribution in [3.8, 4) is 0 Å². The lowest BCUT2D eigenvalue weighted by atomic mass is 10.1. The average molecular weight is 417 g/mol. The van der Waals surface area contributed by atoms with Crippen LogP contribution in [-0.4, -0.2) is 37.1 Å². The van der Waals surface area contributed by atoms with E-state index in [2.05, 4.69) is 5.32 Å². The summed E-state index contributed by atoms with van der Waals surface area (Å²) in [6.07, 6.45) is 0.291. The van der Waals surface area contributed by atoms with Crippen LogP contribution in [0, 0.1) is 0 Å². The van der Waals surface area contributed by atoms with E-state index in [0.717, 1.165) is 0 Å². The molecule has 0 bridgehead atoms. The second-order valence-electron chi connectivity index (χ2n) is 6.79. The first-order chi connectivity index (χ1) is 15.1. The largest absolute Gasteiger partial charge is 0.462 e. The highest BCUT2D eigenvalue weighted by Crippen LogP contribution is 2.07. The van der Waals surface area contributed by atoms with Crippen LogP contribution in [0.5, 0.6) is 0 Å². The van der Waals surface area contributed by atoms with Gasteiger partial charge in [-0.1, -0.05) is 54.6 Å². The van der Waals surface area contributed by atoms with Crippen LogP contribution in [0.4, 0.5) is 0 Å². The van der Waals surface area contributed by atoms with Gasteiger partial charge in [-0.3, -0.25) is 4.79 Å². The van der Waals surface area contributed by atoms with Crippen molar-refractivity contribution < 1.29 is 23.9 Å². The molecule has 3 aromatic rings. The minimum atomic E-state index is -0.524. The number of amides is 1. The summed E-state index contributed by atoms with van der Waals surface area (Å²) in [5.41, 5.74) is 1.36. The summed E-state index contributed by atoms with van der Waals surface area (Å²) in [4.78, 5) is 36.9. The van der Waals surface area contributed by atoms with E-state index < -0.39 is 18.0 Å². The van der Waals surface area contributed by atoms with Gasteiger partial charge in [0, 0.05) is 12.0 Å². The molecule has 0 spiro atoms. The Labute approximate surface area is 180 Å². The second-order valence-corrected chi connectivity index (χ2v) is 6.79. The molecule has 0 heterocycles. The van der Waals surface area contributed by atoms with Crippen LogP contribution in [0.2, 0.25) is 0 Å². The number of nitrogens with one attached hydrogen (secondary N) is 1. The van der Waals surface area contributed by atoms with E-state index in [-0.39, 0.29) is 19.1 Å². The predicted molar refractivity (Wildman–Crippen MR) is 116 cm³/mol. The highest BCUT2D eigenvalue weighted by atomic mass is 16.5. The lowest BCUT2D eigenvalue weighted by Gasteiger charge is -2.19. The number of hydrogen-bond donors (Lipinski definition) is 1. The fraction of sp³-hybridized carbons (Fsp3) is 0.160. The van der Waals surface area contributed by atoms with Crippen molar-refractivity contribution in [2.24, 2.45) is 0 Å². The van der Waals surface area contributed by atoms with E-state index in [1.54, 1.807) is 78.9 Å². The minimum absolute atomic E-state index is 0.0464. The second kappa shape index (κ2) is 11.3. The van der Waals surface area contributed by atoms with Gasteiger partial charge in [0.1, 0.15) is 6.61 Å². The van der Waals surface area contributed by atoms with E-state index in [4.69, 9.17) is 9.47 Å². The number of hydrogen-bond acceptors (Lipinski definition) is 5. The molecule has 1 N–H and O–H groups in total. The van der Waals surface area contributed by atoms with Crippen LogP contribution in [0.15, 0.2) is 91.0 Å². The summed E-state index contributed by atoms with van der Waals surface area (Å²) >= 11 is 0. The van der Waals surface area contributed by atoms with Crippen molar-refractivity contribution in [2.45, 2.75) is 12.5 Å². The van der Waals surface area contributed by atoms with Gasteiger partial charge in [0.25, 0.3) is 5.91 Å². The van der Waals surface area contributed by atoms with Gasteiger partial charge >= 0.3 is 11.9 Å². The zero-order chi connectivity index (χ0) is 21.9. The number of esters is 2. The molecule has 0 unspecified atom stereocenters. The quantitative estimate of drug-likeness (QED) is 0.534. The first-order valence-electron chi connectivity index (χ1n) is 9.94. The molecule has 31 heavy (non-hydrogen) atoms. The van der Waals surface area contributed by atoms with E-state index in [1.165, 1.54) is 0 Å². The maximum atomic E-state index is 12.5. The third-order valence-electron chi connectivity index (χ3n) is 4.51. The molecule has 0 aliphatic rings. The predicted octanol–water partition coefficient (Wildman–Crippen LogP) is 3.89. The number of ether oxygens (including phenoxy) is 2. The van der Waals surface area contributed by atoms with Crippen LogP contribution in [0.1, 0.15) is 37.5 Å². The van der Waals surface area contributed by atoms with Crippen molar-refractivity contribution in [2.75, 3.05) is 13.2 Å². The molecule has 1 amide bonds. The Kier molecular flexibility index (Phi) is 7.94. The molecule has 6 heteroatoms. The SMILES string of the molecule is O=C(N[C@H](CCOC(=O)c1ccccc1)COC(=O)c1ccccc1)c1ccccc1. The number of benzene rings is 3. The van der Waals surface area contributed by atoms with Gasteiger partial charge in [-0.25, -0.2) is 9.59 Å². The van der Waals surface area contributed by atoms with E-state index in [9.17, 15) is 14.4 Å². The highest BCUT2D eigenvalue weighted by molar-refractivity contribution is 5.94. The normalized spacial score (nSPS) is 11.2. The maximum Gasteiger partial charge on any atom is 0.338 e. The Bertz CT molecular complexity index is 990. The van der Waals surface area contributed by atoms with Crippen molar-refractivity contribution >= 4 is 17.8 Å². The summed E-state index contributed by atoms with van der Waals surface area (Å²) in [7, 11) is 0. The van der Waals surface area contributed by atoms with Gasteiger partial charge in [-0.2, -0.15) is 0 Å². The molecular weight excluding hydrogens is 394 g/mol. The molecule has 0 aliphatic heterocycles. The third kappa shape index (κ3) is 6.82. The van der Waals surface area contributed by atoms with Crippen molar-refractivity contribution in [1.29, 1.82) is 0 Å². The van der Waals surface area contributed by atoms with Gasteiger partial charge < -0.3 is 14.8 Å². The molecule has 0 fully saturated rings. The van der Waals surface area contributed by atoms with Gasteiger partial charge in [0.15, 0.2) is 0 Å². The summed E-state index contributed by atoms with van der Waals surface area (Å²) in [6, 6.07) is 25.5. The lowest BCUT2D eigenvalue weighted by molar-refractivity contribution is 0.0383. The number of rotatable bonds is 9. The fourth-order valence-electron chi connectivity index (χ4n) is 2.84. The van der Waals surface area contributed by atoms with Crippen molar-refractivity contribution in [1.82, 2.24) is 5.32 Å². The van der Waals surface area contributed by atoms with Gasteiger partial charge in [0.2, 0.25) is 0 Å². The zero-order valence-corrected chi connectivity index (χ0v) is 16.9. The van der Waals surface area contributed by atoms with Crippen molar-refractivity contribution in [3.05, 3.63) is 108 Å². The Morgan fingerprint density at radius 1 is 0.645 bits per heavy atom. The molecule has 6 nitrogen and oxygen atoms in total. The van der Waals surface area contributed by atoms with Gasteiger partial charge in [0.05, 0.1) is 23.8 Å². The molecule has 158 valence electrons. The Hall–Kier alpha value is -3.93. The van der Waals surface area contributed by atoms with Gasteiger partial charge in [-0.15, -0.1) is 0 Å². The molecular formula is C25H23NO5. The summed E-state index contributed by atoms with van der Waals surface area (Å²) in [6.45, 7) is 0.0194. The van der Waals surface area contributed by atoms with Crippen molar-refractivity contribution in [3.63, 3.8) is 0 Å². The standard InChI is InChI=1S/C25H23NO5/c27-23(19-10-4-1-5-11-19)26-22(18-31-25(29)21-14-8-3-9-15-21)16-17-30-24(28)20-12-6-2-7-13-20/h1-15,22H,16-18H2,(H,26,27)/t22-/m1/s1. The van der Waals surface area contributed by atoms with Crippen LogP contribution < -0.4 is 5.32 Å². The number of carbonyl (C=O) groups is 3. The summed E-state index contributed by atoms with van der Waals surface area (Å²) in [5.74, 6) is -1.23. The van der Waals surface area contributed by atoms with E-state index >= 15 is 0 Å². The summed E-state index contributed by atoms with van der Waals surface area (Å²) in [5, 5.41) is 2.85. The zero-order valence-electron chi connectivity index (χ0n) is 16.9. The fourth-order valence-corrected chi connectivity index (χ4v) is 2.84. The first-order valence-corrected chi connectivity index (χ1v) is 9.94. The first kappa shape index (κ1) is 21.8. The van der Waals surface area contributed by atoms with Gasteiger partial charge in [-0.05, 0) is 36.4 Å². The van der Waals surface area contributed by atoms with Crippen LogP contribution in [0.3, 0.4) is 0 Å². The topological polar surface area (TPSA) is 81.7 Å². The molecule has 3 rings (SSSR count). The van der Waals surface area contributed by atoms with Crippen LogP contribution in [0.25, 0.3) is 0 Å². The third-order valence-corrected chi connectivity index (χ3v) is 4.51. The number of carbonyl (C=O) groups excluding carboxylic acids is 3. The molecule has 0 radical (unpaired) electrons. The smallest absolute Gasteiger partial charge is 0.338 e. The highest BCUT2D eigenvalue weighted by Gasteiger charge is 2.18. The summed E-state index contributed by atoms with van der Waals surface area (Å²) < 4.78 is 10.7. The molecule has 0 aliphatic carbocycles. The van der Waals surface area contributed by atoms with Crippen LogP contribution >= 0.6 is 0 Å². The maximum absolute atomic E-state index is 12.5. The van der Waals surface area contributed by atoms with E-state index in [1.807, 2.05) is 12.1 Å².